The van der Waals surface area contributed by atoms with E-state index in [4.69, 9.17) is 0 Å². The Kier molecular flexibility index (Phi) is 3.27. The second kappa shape index (κ2) is 4.19. The molecule has 0 radical (unpaired) electrons. The van der Waals surface area contributed by atoms with Gasteiger partial charge < -0.3 is 5.11 Å². The molecule has 100 valence electrons. The second-order valence-electron chi connectivity index (χ2n) is 6.04. The van der Waals surface area contributed by atoms with Crippen molar-refractivity contribution < 1.29 is 13.5 Å². The zero-order valence-electron chi connectivity index (χ0n) is 10.8. The molecule has 2 atom stereocenters. The lowest BCUT2D eigenvalue weighted by Gasteiger charge is -2.46. The number of hydrogen-bond donors (Lipinski definition) is 1. The van der Waals surface area contributed by atoms with E-state index in [1.54, 1.807) is 11.2 Å². The molecule has 0 spiro atoms. The Morgan fingerprint density at radius 1 is 1.12 bits per heavy atom. The smallest absolute Gasteiger partial charge is 0.282 e. The zero-order valence-corrected chi connectivity index (χ0v) is 11.6. The molecule has 0 saturated carbocycles. The Hall–Kier alpha value is -0.170. The second-order valence-corrected chi connectivity index (χ2v) is 7.96. The fraction of sp³-hybridized carbons (Fsp3) is 1.00. The summed E-state index contributed by atoms with van der Waals surface area (Å²) >= 11 is 0. The van der Waals surface area contributed by atoms with Gasteiger partial charge in [0, 0.05) is 26.2 Å². The van der Waals surface area contributed by atoms with Crippen molar-refractivity contribution in [2.45, 2.75) is 32.8 Å². The third-order valence-corrected chi connectivity index (χ3v) is 5.38. The molecule has 2 aliphatic heterocycles. The van der Waals surface area contributed by atoms with Gasteiger partial charge in [-0.3, -0.25) is 0 Å². The number of hydrogen-bond acceptors (Lipinski definition) is 3. The molecule has 0 amide bonds. The van der Waals surface area contributed by atoms with E-state index in [0.29, 0.717) is 24.9 Å². The molecule has 17 heavy (non-hydrogen) atoms. The van der Waals surface area contributed by atoms with Crippen molar-refractivity contribution in [3.8, 4) is 0 Å². The van der Waals surface area contributed by atoms with E-state index in [9.17, 15) is 13.5 Å². The first-order valence-electron chi connectivity index (χ1n) is 6.18. The molecule has 5 nitrogen and oxygen atoms in total. The van der Waals surface area contributed by atoms with Gasteiger partial charge in [-0.1, -0.05) is 13.8 Å². The maximum Gasteiger partial charge on any atom is 0.282 e. The lowest BCUT2D eigenvalue weighted by atomic mass is 9.94. The molecule has 0 bridgehead atoms. The van der Waals surface area contributed by atoms with Gasteiger partial charge in [-0.2, -0.15) is 17.0 Å². The van der Waals surface area contributed by atoms with Crippen LogP contribution in [0.15, 0.2) is 0 Å². The fourth-order valence-corrected chi connectivity index (χ4v) is 4.93. The summed E-state index contributed by atoms with van der Waals surface area (Å²) in [5, 5.41) is 9.62. The molecule has 2 aliphatic rings. The normalized spacial score (nSPS) is 35.5. The highest BCUT2D eigenvalue weighted by Gasteiger charge is 2.46. The van der Waals surface area contributed by atoms with Gasteiger partial charge in [-0.15, -0.1) is 0 Å². The summed E-state index contributed by atoms with van der Waals surface area (Å²) in [5.74, 6) is 0.825. The summed E-state index contributed by atoms with van der Waals surface area (Å²) < 4.78 is 27.5. The minimum absolute atomic E-state index is 0.217. The molecular weight excluding hydrogens is 240 g/mol. The van der Waals surface area contributed by atoms with Crippen LogP contribution in [0.4, 0.5) is 0 Å². The van der Waals surface area contributed by atoms with E-state index in [1.807, 2.05) is 0 Å². The van der Waals surface area contributed by atoms with Gasteiger partial charge >= 0.3 is 0 Å². The van der Waals surface area contributed by atoms with Gasteiger partial charge in [-0.25, -0.2) is 0 Å². The lowest BCUT2D eigenvalue weighted by molar-refractivity contribution is -0.0458. The summed E-state index contributed by atoms with van der Waals surface area (Å²) in [6.07, 6.45) is 1.09. The number of aliphatic hydroxyl groups is 1. The van der Waals surface area contributed by atoms with E-state index in [1.165, 1.54) is 4.31 Å². The number of rotatable bonds is 2. The van der Waals surface area contributed by atoms with Crippen molar-refractivity contribution in [2.75, 3.05) is 26.2 Å². The molecule has 2 saturated heterocycles. The lowest BCUT2D eigenvalue weighted by Crippen LogP contribution is -2.65. The average Bonchev–Trinajstić information content (AvgIpc) is 2.12. The van der Waals surface area contributed by atoms with Gasteiger partial charge in [0.2, 0.25) is 0 Å². The Balaban J connectivity index is 2.06. The molecule has 2 fully saturated rings. The van der Waals surface area contributed by atoms with Crippen molar-refractivity contribution in [1.29, 1.82) is 0 Å². The predicted octanol–water partition coefficient (Wildman–Crippen LogP) is 0.276. The van der Waals surface area contributed by atoms with Gasteiger partial charge in [-0.05, 0) is 25.2 Å². The van der Waals surface area contributed by atoms with Crippen LogP contribution in [0, 0.1) is 11.8 Å². The van der Waals surface area contributed by atoms with Crippen LogP contribution in [0.5, 0.6) is 0 Å². The Labute approximate surface area is 104 Å². The van der Waals surface area contributed by atoms with Crippen LogP contribution >= 0.6 is 0 Å². The summed E-state index contributed by atoms with van der Waals surface area (Å²) in [4.78, 5) is 0. The highest BCUT2D eigenvalue weighted by molar-refractivity contribution is 7.86. The van der Waals surface area contributed by atoms with Crippen LogP contribution in [0.1, 0.15) is 27.2 Å². The van der Waals surface area contributed by atoms with Crippen LogP contribution in [0.2, 0.25) is 0 Å². The number of nitrogens with zero attached hydrogens (tertiary/aromatic N) is 2. The van der Waals surface area contributed by atoms with E-state index in [0.717, 1.165) is 6.42 Å². The fourth-order valence-electron chi connectivity index (χ4n) is 2.83. The van der Waals surface area contributed by atoms with E-state index in [-0.39, 0.29) is 13.1 Å². The van der Waals surface area contributed by atoms with Crippen LogP contribution in [0.25, 0.3) is 0 Å². The molecular formula is C11H22N2O3S. The molecule has 0 aromatic rings. The molecule has 0 aromatic carbocycles. The van der Waals surface area contributed by atoms with Crippen molar-refractivity contribution in [3.63, 3.8) is 0 Å². The molecule has 1 N–H and O–H groups in total. The van der Waals surface area contributed by atoms with E-state index >= 15 is 0 Å². The summed E-state index contributed by atoms with van der Waals surface area (Å²) in [6.45, 7) is 7.48. The predicted molar refractivity (Wildman–Crippen MR) is 65.6 cm³/mol. The Morgan fingerprint density at radius 2 is 1.59 bits per heavy atom. The first-order valence-corrected chi connectivity index (χ1v) is 7.58. The highest BCUT2D eigenvalue weighted by atomic mass is 32.2. The van der Waals surface area contributed by atoms with Crippen LogP contribution in [-0.2, 0) is 10.2 Å². The average molecular weight is 262 g/mol. The van der Waals surface area contributed by atoms with E-state index < -0.39 is 15.8 Å². The quantitative estimate of drug-likeness (QED) is 0.777. The Morgan fingerprint density at radius 3 is 2.00 bits per heavy atom. The van der Waals surface area contributed by atoms with Crippen molar-refractivity contribution in [2.24, 2.45) is 11.8 Å². The monoisotopic (exact) mass is 262 g/mol. The number of piperidine rings is 1. The molecule has 0 aromatic heterocycles. The third-order valence-electron chi connectivity index (χ3n) is 3.52. The van der Waals surface area contributed by atoms with Gasteiger partial charge in [0.25, 0.3) is 10.2 Å². The summed E-state index contributed by atoms with van der Waals surface area (Å²) in [7, 11) is -3.36. The van der Waals surface area contributed by atoms with Crippen molar-refractivity contribution in [1.82, 2.24) is 8.61 Å². The van der Waals surface area contributed by atoms with Crippen molar-refractivity contribution in [3.05, 3.63) is 0 Å². The SMILES string of the molecule is CC1CC(C)CN(S(=O)(=O)N2CC(C)(O)C2)C1. The standard InChI is InChI=1S/C11H22N2O3S/c1-9-4-10(2)6-12(5-9)17(15,16)13-7-11(3,14)8-13/h9-10,14H,4-8H2,1-3H3. The van der Waals surface area contributed by atoms with Crippen molar-refractivity contribution >= 4 is 10.2 Å². The zero-order chi connectivity index (χ0) is 12.8. The summed E-state index contributed by atoms with van der Waals surface area (Å²) in [6, 6.07) is 0. The topological polar surface area (TPSA) is 60.9 Å². The molecule has 6 heteroatoms. The maximum atomic E-state index is 12.3. The highest BCUT2D eigenvalue weighted by Crippen LogP contribution is 2.29. The largest absolute Gasteiger partial charge is 0.387 e. The maximum absolute atomic E-state index is 12.3. The minimum Gasteiger partial charge on any atom is -0.387 e. The van der Waals surface area contributed by atoms with Crippen LogP contribution in [0.3, 0.4) is 0 Å². The van der Waals surface area contributed by atoms with Gasteiger partial charge in [0.05, 0.1) is 5.60 Å². The number of β-amino-alcohol motifs (C(OH)–C–C–N with tert-alkyl or cyclic N) is 1. The molecule has 2 rings (SSSR count). The van der Waals surface area contributed by atoms with Crippen LogP contribution < -0.4 is 0 Å². The van der Waals surface area contributed by atoms with E-state index in [2.05, 4.69) is 13.8 Å². The summed E-state index contributed by atoms with van der Waals surface area (Å²) in [5.41, 5.74) is -0.847. The first-order chi connectivity index (χ1) is 7.71. The first kappa shape index (κ1) is 13.3. The Bertz CT molecular complexity index is 376. The van der Waals surface area contributed by atoms with Crippen LogP contribution in [-0.4, -0.2) is 53.9 Å². The minimum atomic E-state index is -3.36. The van der Waals surface area contributed by atoms with Gasteiger partial charge in [0.15, 0.2) is 0 Å². The third kappa shape index (κ3) is 2.65. The molecule has 0 aliphatic carbocycles. The molecule has 2 heterocycles. The van der Waals surface area contributed by atoms with Gasteiger partial charge in [0.1, 0.15) is 0 Å². The molecule has 2 unspecified atom stereocenters.